The van der Waals surface area contributed by atoms with Crippen LogP contribution in [0.3, 0.4) is 0 Å². The third kappa shape index (κ3) is 3.82. The summed E-state index contributed by atoms with van der Waals surface area (Å²) < 4.78 is 12.9. The van der Waals surface area contributed by atoms with Gasteiger partial charge < -0.3 is 5.32 Å². The molecule has 0 unspecified atom stereocenters. The van der Waals surface area contributed by atoms with Crippen LogP contribution >= 0.6 is 0 Å². The summed E-state index contributed by atoms with van der Waals surface area (Å²) >= 11 is 0. The maximum Gasteiger partial charge on any atom is 0.123 e. The summed E-state index contributed by atoms with van der Waals surface area (Å²) in [6.07, 6.45) is 2.62. The molecule has 2 aromatic carbocycles. The molecule has 3 rings (SSSR count). The van der Waals surface area contributed by atoms with Crippen molar-refractivity contribution in [1.29, 1.82) is 0 Å². The van der Waals surface area contributed by atoms with Gasteiger partial charge in [0.1, 0.15) is 5.82 Å². The average molecular weight is 284 g/mol. The maximum absolute atomic E-state index is 12.9. The Labute approximate surface area is 125 Å². The van der Waals surface area contributed by atoms with E-state index in [1.54, 1.807) is 0 Å². The number of halogens is 1. The first-order valence-corrected chi connectivity index (χ1v) is 7.60. The van der Waals surface area contributed by atoms with Gasteiger partial charge in [0.25, 0.3) is 0 Å². The SMILES string of the molecule is Fc1ccc(CNc2ccccc2CN2CCCC2)cc1. The number of anilines is 1. The van der Waals surface area contributed by atoms with E-state index in [9.17, 15) is 4.39 Å². The summed E-state index contributed by atoms with van der Waals surface area (Å²) in [7, 11) is 0. The smallest absolute Gasteiger partial charge is 0.123 e. The van der Waals surface area contributed by atoms with Gasteiger partial charge in [0.05, 0.1) is 0 Å². The number of nitrogens with zero attached hydrogens (tertiary/aromatic N) is 1. The molecule has 0 atom stereocenters. The first kappa shape index (κ1) is 14.1. The second-order valence-electron chi connectivity index (χ2n) is 5.62. The Hall–Kier alpha value is -1.87. The highest BCUT2D eigenvalue weighted by Gasteiger charge is 2.13. The molecular formula is C18H21FN2. The zero-order valence-electron chi connectivity index (χ0n) is 12.2. The summed E-state index contributed by atoms with van der Waals surface area (Å²) in [4.78, 5) is 2.50. The van der Waals surface area contributed by atoms with Gasteiger partial charge in [-0.1, -0.05) is 30.3 Å². The molecule has 1 fully saturated rings. The van der Waals surface area contributed by atoms with Crippen LogP contribution < -0.4 is 5.32 Å². The fraction of sp³-hybridized carbons (Fsp3) is 0.333. The topological polar surface area (TPSA) is 15.3 Å². The molecule has 0 aromatic heterocycles. The molecule has 0 aliphatic carbocycles. The third-order valence-electron chi connectivity index (χ3n) is 4.01. The van der Waals surface area contributed by atoms with Crippen molar-refractivity contribution in [1.82, 2.24) is 4.90 Å². The Morgan fingerprint density at radius 3 is 2.43 bits per heavy atom. The molecule has 1 N–H and O–H groups in total. The van der Waals surface area contributed by atoms with Crippen LogP contribution in [0.4, 0.5) is 10.1 Å². The highest BCUT2D eigenvalue weighted by atomic mass is 19.1. The van der Waals surface area contributed by atoms with Crippen molar-refractivity contribution in [2.45, 2.75) is 25.9 Å². The standard InChI is InChI=1S/C18H21FN2/c19-17-9-7-15(8-10-17)13-20-18-6-2-1-5-16(18)14-21-11-3-4-12-21/h1-2,5-10,20H,3-4,11-14H2. The molecule has 1 heterocycles. The summed E-state index contributed by atoms with van der Waals surface area (Å²) in [5.74, 6) is -0.187. The number of likely N-dealkylation sites (tertiary alicyclic amines) is 1. The Morgan fingerprint density at radius 1 is 0.952 bits per heavy atom. The summed E-state index contributed by atoms with van der Waals surface area (Å²) in [6.45, 7) is 4.13. The maximum atomic E-state index is 12.9. The predicted octanol–water partition coefficient (Wildman–Crippen LogP) is 4.03. The predicted molar refractivity (Wildman–Crippen MR) is 84.7 cm³/mol. The van der Waals surface area contributed by atoms with Crippen molar-refractivity contribution < 1.29 is 4.39 Å². The van der Waals surface area contributed by atoms with E-state index in [2.05, 4.69) is 34.5 Å². The lowest BCUT2D eigenvalue weighted by Gasteiger charge is -2.18. The monoisotopic (exact) mass is 284 g/mol. The van der Waals surface area contributed by atoms with Crippen LogP contribution in [0.5, 0.6) is 0 Å². The molecular weight excluding hydrogens is 263 g/mol. The molecule has 1 aliphatic heterocycles. The second kappa shape index (κ2) is 6.72. The highest BCUT2D eigenvalue weighted by Crippen LogP contribution is 2.20. The van der Waals surface area contributed by atoms with E-state index in [4.69, 9.17) is 0 Å². The van der Waals surface area contributed by atoms with Gasteiger partial charge in [-0.3, -0.25) is 4.90 Å². The Balaban J connectivity index is 1.65. The molecule has 0 bridgehead atoms. The molecule has 110 valence electrons. The van der Waals surface area contributed by atoms with Crippen LogP contribution in [0.25, 0.3) is 0 Å². The van der Waals surface area contributed by atoms with Gasteiger partial charge in [-0.15, -0.1) is 0 Å². The molecule has 0 spiro atoms. The fourth-order valence-electron chi connectivity index (χ4n) is 2.81. The first-order valence-electron chi connectivity index (χ1n) is 7.60. The molecule has 21 heavy (non-hydrogen) atoms. The van der Waals surface area contributed by atoms with Gasteiger partial charge in [-0.25, -0.2) is 4.39 Å². The van der Waals surface area contributed by atoms with Gasteiger partial charge in [-0.05, 0) is 55.3 Å². The van der Waals surface area contributed by atoms with E-state index in [-0.39, 0.29) is 5.82 Å². The zero-order valence-corrected chi connectivity index (χ0v) is 12.2. The molecule has 2 nitrogen and oxygen atoms in total. The van der Waals surface area contributed by atoms with Crippen LogP contribution in [0.1, 0.15) is 24.0 Å². The fourth-order valence-corrected chi connectivity index (χ4v) is 2.81. The third-order valence-corrected chi connectivity index (χ3v) is 4.01. The average Bonchev–Trinajstić information content (AvgIpc) is 3.01. The van der Waals surface area contributed by atoms with E-state index >= 15 is 0 Å². The van der Waals surface area contributed by atoms with Gasteiger partial charge in [0, 0.05) is 18.8 Å². The summed E-state index contributed by atoms with van der Waals surface area (Å²) in [6, 6.07) is 15.1. The normalized spacial score (nSPS) is 15.3. The van der Waals surface area contributed by atoms with E-state index in [1.165, 1.54) is 49.3 Å². The minimum absolute atomic E-state index is 0.187. The molecule has 0 radical (unpaired) electrons. The van der Waals surface area contributed by atoms with Gasteiger partial charge in [-0.2, -0.15) is 0 Å². The van der Waals surface area contributed by atoms with Crippen LogP contribution in [0, 0.1) is 5.82 Å². The molecule has 3 heteroatoms. The van der Waals surface area contributed by atoms with Crippen LogP contribution in [-0.2, 0) is 13.1 Å². The van der Waals surface area contributed by atoms with E-state index in [0.29, 0.717) is 0 Å². The number of para-hydroxylation sites is 1. The van der Waals surface area contributed by atoms with E-state index < -0.39 is 0 Å². The van der Waals surface area contributed by atoms with Crippen molar-refractivity contribution in [2.75, 3.05) is 18.4 Å². The zero-order chi connectivity index (χ0) is 14.5. The van der Waals surface area contributed by atoms with Crippen molar-refractivity contribution in [3.8, 4) is 0 Å². The second-order valence-corrected chi connectivity index (χ2v) is 5.62. The van der Waals surface area contributed by atoms with Gasteiger partial charge >= 0.3 is 0 Å². The number of hydrogen-bond donors (Lipinski definition) is 1. The Bertz CT molecular complexity index is 574. The number of hydrogen-bond acceptors (Lipinski definition) is 2. The van der Waals surface area contributed by atoms with E-state index in [1.807, 2.05) is 12.1 Å². The van der Waals surface area contributed by atoms with Crippen LogP contribution in [-0.4, -0.2) is 18.0 Å². The molecule has 0 amide bonds. The number of nitrogens with one attached hydrogen (secondary N) is 1. The van der Waals surface area contributed by atoms with E-state index in [0.717, 1.165) is 18.7 Å². The van der Waals surface area contributed by atoms with Crippen molar-refractivity contribution >= 4 is 5.69 Å². The minimum Gasteiger partial charge on any atom is -0.381 e. The van der Waals surface area contributed by atoms with Crippen molar-refractivity contribution in [2.24, 2.45) is 0 Å². The lowest BCUT2D eigenvalue weighted by molar-refractivity contribution is 0.332. The summed E-state index contributed by atoms with van der Waals surface area (Å²) in [5, 5.41) is 3.47. The quantitative estimate of drug-likeness (QED) is 0.891. The Morgan fingerprint density at radius 2 is 1.67 bits per heavy atom. The molecule has 2 aromatic rings. The lowest BCUT2D eigenvalue weighted by atomic mass is 10.1. The van der Waals surface area contributed by atoms with Gasteiger partial charge in [0.2, 0.25) is 0 Å². The molecule has 1 saturated heterocycles. The first-order chi connectivity index (χ1) is 10.3. The molecule has 0 saturated carbocycles. The number of rotatable bonds is 5. The largest absolute Gasteiger partial charge is 0.381 e. The van der Waals surface area contributed by atoms with Crippen molar-refractivity contribution in [3.63, 3.8) is 0 Å². The van der Waals surface area contributed by atoms with Gasteiger partial charge in [0.15, 0.2) is 0 Å². The lowest BCUT2D eigenvalue weighted by Crippen LogP contribution is -2.19. The molecule has 1 aliphatic rings. The van der Waals surface area contributed by atoms with Crippen LogP contribution in [0.15, 0.2) is 48.5 Å². The summed E-state index contributed by atoms with van der Waals surface area (Å²) in [5.41, 5.74) is 3.60. The highest BCUT2D eigenvalue weighted by molar-refractivity contribution is 5.51. The minimum atomic E-state index is -0.187. The van der Waals surface area contributed by atoms with Crippen LogP contribution in [0.2, 0.25) is 0 Å². The van der Waals surface area contributed by atoms with Crippen molar-refractivity contribution in [3.05, 3.63) is 65.5 Å². The Kier molecular flexibility index (Phi) is 4.51. The number of benzene rings is 2.